The fourth-order valence-electron chi connectivity index (χ4n) is 7.71. The topological polar surface area (TPSA) is 70.6 Å². The van der Waals surface area contributed by atoms with Gasteiger partial charge in [-0.1, -0.05) is 84.9 Å². The quantitative estimate of drug-likeness (QED) is 0.196. The normalized spacial score (nSPS) is 11.6. The minimum atomic E-state index is 0.495. The molecule has 0 aliphatic carbocycles. The van der Waals surface area contributed by atoms with Gasteiger partial charge in [0.05, 0.1) is 50.7 Å². The smallest absolute Gasteiger partial charge is 0.145 e. The maximum atomic E-state index is 10.5. The Morgan fingerprint density at radius 2 is 0.918 bits per heavy atom. The number of hydrogen-bond donors (Lipinski definition) is 0. The average Bonchev–Trinajstić information content (AvgIpc) is 3.82. The molecule has 3 aromatic heterocycles. The summed E-state index contributed by atoms with van der Waals surface area (Å²) in [5, 5.41) is 27.5. The zero-order valence-corrected chi connectivity index (χ0v) is 26.1. The third-order valence-electron chi connectivity index (χ3n) is 9.81. The van der Waals surface area contributed by atoms with Crippen LogP contribution in [0.2, 0.25) is 0 Å². The van der Waals surface area contributed by atoms with Crippen molar-refractivity contribution in [1.29, 1.82) is 10.5 Å². The lowest BCUT2D eigenvalue weighted by molar-refractivity contribution is 0.673. The number of aromatic nitrogens is 2. The molecule has 49 heavy (non-hydrogen) atoms. The maximum absolute atomic E-state index is 10.5. The highest BCUT2D eigenvalue weighted by Gasteiger charge is 2.20. The summed E-state index contributed by atoms with van der Waals surface area (Å²) in [6.45, 7) is 0. The van der Waals surface area contributed by atoms with Crippen molar-refractivity contribution in [1.82, 2.24) is 9.13 Å². The molecule has 0 atom stereocenters. The second-order valence-electron chi connectivity index (χ2n) is 12.3. The Morgan fingerprint density at radius 1 is 0.429 bits per heavy atom. The highest BCUT2D eigenvalue weighted by molar-refractivity contribution is 6.23. The second-order valence-corrected chi connectivity index (χ2v) is 12.3. The molecular weight excluding hydrogens is 601 g/mol. The molecule has 7 aromatic carbocycles. The minimum Gasteiger partial charge on any atom is -0.455 e. The zero-order valence-electron chi connectivity index (χ0n) is 26.1. The first-order valence-electron chi connectivity index (χ1n) is 16.1. The zero-order chi connectivity index (χ0) is 32.6. The van der Waals surface area contributed by atoms with Crippen LogP contribution in [-0.2, 0) is 0 Å². The fourth-order valence-corrected chi connectivity index (χ4v) is 7.71. The number of furan rings is 1. The number of rotatable bonds is 3. The van der Waals surface area contributed by atoms with Gasteiger partial charge in [-0.2, -0.15) is 10.5 Å². The van der Waals surface area contributed by atoms with Gasteiger partial charge in [-0.3, -0.25) is 0 Å². The highest BCUT2D eigenvalue weighted by Crippen LogP contribution is 2.41. The first-order valence-corrected chi connectivity index (χ1v) is 16.1. The van der Waals surface area contributed by atoms with Crippen molar-refractivity contribution < 1.29 is 4.42 Å². The first kappa shape index (κ1) is 27.1. The lowest BCUT2D eigenvalue weighted by atomic mass is 9.95. The molecule has 5 nitrogen and oxygen atoms in total. The molecule has 0 fully saturated rings. The third-order valence-corrected chi connectivity index (χ3v) is 9.81. The Hall–Kier alpha value is -7.08. The van der Waals surface area contributed by atoms with E-state index >= 15 is 0 Å². The van der Waals surface area contributed by atoms with Crippen LogP contribution in [0.5, 0.6) is 0 Å². The monoisotopic (exact) mass is 624 g/mol. The summed E-state index contributed by atoms with van der Waals surface area (Å²) >= 11 is 0. The Kier molecular flexibility index (Phi) is 5.64. The van der Waals surface area contributed by atoms with Gasteiger partial charge in [0.2, 0.25) is 0 Å². The van der Waals surface area contributed by atoms with Gasteiger partial charge in [0.1, 0.15) is 11.2 Å². The lowest BCUT2D eigenvalue weighted by Crippen LogP contribution is -1.98. The van der Waals surface area contributed by atoms with E-state index in [2.05, 4.69) is 88.0 Å². The molecule has 226 valence electrons. The Labute approximate surface area is 280 Å². The van der Waals surface area contributed by atoms with Gasteiger partial charge in [-0.05, 0) is 60.7 Å². The van der Waals surface area contributed by atoms with E-state index in [1.165, 1.54) is 0 Å². The SMILES string of the molecule is N#Cc1cc(-n2c3ccccc3c3ccccc32)ccc1-c1ccc(-n2c3ccccc3c3c4oc5ccccc5c4ccc32)cc1C#N. The molecule has 0 radical (unpaired) electrons. The Morgan fingerprint density at radius 3 is 1.51 bits per heavy atom. The van der Waals surface area contributed by atoms with Crippen molar-refractivity contribution in [3.63, 3.8) is 0 Å². The molecule has 5 heteroatoms. The number of benzene rings is 7. The lowest BCUT2D eigenvalue weighted by Gasteiger charge is -2.14. The number of para-hydroxylation sites is 4. The summed E-state index contributed by atoms with van der Waals surface area (Å²) in [7, 11) is 0. The summed E-state index contributed by atoms with van der Waals surface area (Å²) in [6, 6.07) is 54.0. The van der Waals surface area contributed by atoms with Gasteiger partial charge in [-0.25, -0.2) is 0 Å². The molecule has 0 unspecified atom stereocenters. The molecule has 0 N–H and O–H groups in total. The molecule has 10 rings (SSSR count). The standard InChI is InChI=1S/C44H24N4O/c45-25-27-23-29(47-38-13-5-1-9-33(38)34-10-2-6-14-39(34)47)17-19-31(27)32-20-18-30(24-28(32)26-46)48-40-15-7-3-12-37(40)43-41(48)22-21-36-35-11-4-8-16-42(35)49-44(36)43/h1-24H. The maximum Gasteiger partial charge on any atom is 0.145 e. The van der Waals surface area contributed by atoms with E-state index < -0.39 is 0 Å². The summed E-state index contributed by atoms with van der Waals surface area (Å²) in [5.74, 6) is 0. The molecule has 0 saturated heterocycles. The van der Waals surface area contributed by atoms with Crippen molar-refractivity contribution >= 4 is 65.6 Å². The van der Waals surface area contributed by atoms with Gasteiger partial charge in [0, 0.05) is 49.4 Å². The Bertz CT molecular complexity index is 3030. The third kappa shape index (κ3) is 3.79. The van der Waals surface area contributed by atoms with Crippen LogP contribution < -0.4 is 0 Å². The molecular formula is C44H24N4O. The highest BCUT2D eigenvalue weighted by atomic mass is 16.3. The van der Waals surface area contributed by atoms with Crippen molar-refractivity contribution in [3.05, 3.63) is 157 Å². The molecule has 0 amide bonds. The van der Waals surface area contributed by atoms with Crippen molar-refractivity contribution in [2.24, 2.45) is 0 Å². The molecule has 0 saturated carbocycles. The van der Waals surface area contributed by atoms with Crippen LogP contribution in [-0.4, -0.2) is 9.13 Å². The number of nitriles is 2. The predicted octanol–water partition coefficient (Wildman–Crippen LogP) is 11.2. The molecule has 0 bridgehead atoms. The largest absolute Gasteiger partial charge is 0.455 e. The van der Waals surface area contributed by atoms with Crippen molar-refractivity contribution in [3.8, 4) is 34.6 Å². The average molecular weight is 625 g/mol. The van der Waals surface area contributed by atoms with Crippen LogP contribution >= 0.6 is 0 Å². The summed E-state index contributed by atoms with van der Waals surface area (Å²) < 4.78 is 10.8. The minimum absolute atomic E-state index is 0.495. The number of fused-ring (bicyclic) bond motifs is 10. The van der Waals surface area contributed by atoms with Crippen LogP contribution in [0.4, 0.5) is 0 Å². The van der Waals surface area contributed by atoms with Crippen LogP contribution in [0.3, 0.4) is 0 Å². The van der Waals surface area contributed by atoms with Crippen LogP contribution in [0.15, 0.2) is 150 Å². The molecule has 0 aliphatic rings. The van der Waals surface area contributed by atoms with Gasteiger partial charge in [-0.15, -0.1) is 0 Å². The molecule has 10 aromatic rings. The van der Waals surface area contributed by atoms with Crippen LogP contribution in [0.25, 0.3) is 88.1 Å². The Balaban J connectivity index is 1.15. The summed E-state index contributed by atoms with van der Waals surface area (Å²) in [4.78, 5) is 0. The van der Waals surface area contributed by atoms with Gasteiger partial charge >= 0.3 is 0 Å². The predicted molar refractivity (Wildman–Crippen MR) is 197 cm³/mol. The van der Waals surface area contributed by atoms with E-state index in [1.54, 1.807) is 0 Å². The summed E-state index contributed by atoms with van der Waals surface area (Å²) in [5.41, 5.74) is 10.1. The summed E-state index contributed by atoms with van der Waals surface area (Å²) in [6.07, 6.45) is 0. The van der Waals surface area contributed by atoms with Crippen LogP contribution in [0, 0.1) is 22.7 Å². The van der Waals surface area contributed by atoms with E-state index in [4.69, 9.17) is 4.42 Å². The van der Waals surface area contributed by atoms with E-state index in [9.17, 15) is 10.5 Å². The molecule has 0 spiro atoms. The second kappa shape index (κ2) is 10.2. The molecule has 3 heterocycles. The van der Waals surface area contributed by atoms with E-state index in [0.29, 0.717) is 11.1 Å². The first-order chi connectivity index (χ1) is 24.2. The van der Waals surface area contributed by atoms with Crippen LogP contribution in [0.1, 0.15) is 11.1 Å². The van der Waals surface area contributed by atoms with Crippen molar-refractivity contribution in [2.75, 3.05) is 0 Å². The van der Waals surface area contributed by atoms with Gasteiger partial charge < -0.3 is 13.6 Å². The number of nitrogens with zero attached hydrogens (tertiary/aromatic N) is 4. The van der Waals surface area contributed by atoms with Crippen molar-refractivity contribution in [2.45, 2.75) is 0 Å². The van der Waals surface area contributed by atoms with E-state index in [0.717, 1.165) is 88.1 Å². The molecule has 0 aliphatic heterocycles. The van der Waals surface area contributed by atoms with Gasteiger partial charge in [0.25, 0.3) is 0 Å². The van der Waals surface area contributed by atoms with Gasteiger partial charge in [0.15, 0.2) is 0 Å². The fraction of sp³-hybridized carbons (Fsp3) is 0. The number of hydrogen-bond acceptors (Lipinski definition) is 3. The van der Waals surface area contributed by atoms with E-state index in [1.807, 2.05) is 78.9 Å². The van der Waals surface area contributed by atoms with E-state index in [-0.39, 0.29) is 0 Å².